The monoisotopic (exact) mass is 328 g/mol. The van der Waals surface area contributed by atoms with Gasteiger partial charge in [-0.3, -0.25) is 4.90 Å². The van der Waals surface area contributed by atoms with Crippen molar-refractivity contribution in [2.24, 2.45) is 5.92 Å². The Balaban J connectivity index is 1.68. The van der Waals surface area contributed by atoms with Crippen LogP contribution in [0.1, 0.15) is 31.1 Å². The van der Waals surface area contributed by atoms with E-state index in [1.807, 2.05) is 11.3 Å². The summed E-state index contributed by atoms with van der Waals surface area (Å²) in [5, 5.41) is 5.91. The summed E-state index contributed by atoms with van der Waals surface area (Å²) in [6, 6.07) is 3.73. The molecule has 18 heavy (non-hydrogen) atoms. The Hall–Kier alpha value is 0.1000. The molecule has 2 nitrogen and oxygen atoms in total. The van der Waals surface area contributed by atoms with E-state index in [4.69, 9.17) is 0 Å². The van der Waals surface area contributed by atoms with Gasteiger partial charge in [-0.05, 0) is 47.2 Å². The van der Waals surface area contributed by atoms with Crippen LogP contribution in [0.15, 0.2) is 15.9 Å². The third-order valence-electron chi connectivity index (χ3n) is 4.18. The first-order valence-corrected chi connectivity index (χ1v) is 8.64. The molecule has 2 atom stereocenters. The van der Waals surface area contributed by atoms with Crippen LogP contribution < -0.4 is 5.32 Å². The molecule has 1 aliphatic carbocycles. The molecule has 1 saturated carbocycles. The molecule has 0 radical (unpaired) electrons. The maximum atomic E-state index is 3.71. The Labute approximate surface area is 122 Å². The van der Waals surface area contributed by atoms with E-state index >= 15 is 0 Å². The number of rotatable bonds is 4. The van der Waals surface area contributed by atoms with E-state index in [9.17, 15) is 0 Å². The smallest absolute Gasteiger partial charge is 0.0332 e. The van der Waals surface area contributed by atoms with Crippen LogP contribution in [0.25, 0.3) is 0 Å². The summed E-state index contributed by atoms with van der Waals surface area (Å²) in [6.07, 6.45) is 4.11. The quantitative estimate of drug-likeness (QED) is 0.910. The van der Waals surface area contributed by atoms with Gasteiger partial charge >= 0.3 is 0 Å². The van der Waals surface area contributed by atoms with Crippen molar-refractivity contribution in [2.75, 3.05) is 13.1 Å². The lowest BCUT2D eigenvalue weighted by Gasteiger charge is -2.40. The SMILES string of the molecule is CCC1CN(Cc2cc(Br)cs2)C(C2CC2)CN1. The van der Waals surface area contributed by atoms with E-state index in [1.165, 1.54) is 41.7 Å². The molecule has 1 aromatic heterocycles. The van der Waals surface area contributed by atoms with Crippen molar-refractivity contribution in [3.63, 3.8) is 0 Å². The number of nitrogens with zero attached hydrogens (tertiary/aromatic N) is 1. The predicted molar refractivity (Wildman–Crippen MR) is 81.0 cm³/mol. The van der Waals surface area contributed by atoms with Crippen LogP contribution in [-0.4, -0.2) is 30.1 Å². The Morgan fingerprint density at radius 1 is 1.50 bits per heavy atom. The molecule has 1 N–H and O–H groups in total. The van der Waals surface area contributed by atoms with Crippen LogP contribution in [0.4, 0.5) is 0 Å². The van der Waals surface area contributed by atoms with Gasteiger partial charge in [0.05, 0.1) is 0 Å². The Morgan fingerprint density at radius 3 is 2.94 bits per heavy atom. The van der Waals surface area contributed by atoms with Crippen molar-refractivity contribution >= 4 is 27.3 Å². The fourth-order valence-electron chi connectivity index (χ4n) is 2.94. The normalized spacial score (nSPS) is 29.7. The molecule has 4 heteroatoms. The molecular formula is C14H21BrN2S. The van der Waals surface area contributed by atoms with Gasteiger partial charge in [-0.2, -0.15) is 0 Å². The van der Waals surface area contributed by atoms with Gasteiger partial charge in [0.25, 0.3) is 0 Å². The molecular weight excluding hydrogens is 308 g/mol. The molecule has 2 unspecified atom stereocenters. The first-order valence-electron chi connectivity index (χ1n) is 6.96. The van der Waals surface area contributed by atoms with Crippen molar-refractivity contribution in [1.29, 1.82) is 0 Å². The minimum Gasteiger partial charge on any atom is -0.311 e. The number of hydrogen-bond acceptors (Lipinski definition) is 3. The second-order valence-corrected chi connectivity index (χ2v) is 7.49. The lowest BCUT2D eigenvalue weighted by molar-refractivity contribution is 0.107. The average Bonchev–Trinajstić information content (AvgIpc) is 3.13. The lowest BCUT2D eigenvalue weighted by Crippen LogP contribution is -2.56. The zero-order valence-corrected chi connectivity index (χ0v) is 13.3. The summed E-state index contributed by atoms with van der Waals surface area (Å²) in [5.41, 5.74) is 0. The van der Waals surface area contributed by atoms with Crippen molar-refractivity contribution in [3.8, 4) is 0 Å². The number of nitrogens with one attached hydrogen (secondary N) is 1. The van der Waals surface area contributed by atoms with E-state index in [0.717, 1.165) is 18.5 Å². The van der Waals surface area contributed by atoms with E-state index in [0.29, 0.717) is 6.04 Å². The zero-order valence-electron chi connectivity index (χ0n) is 10.9. The van der Waals surface area contributed by atoms with Crippen LogP contribution in [-0.2, 0) is 6.54 Å². The summed E-state index contributed by atoms with van der Waals surface area (Å²) in [7, 11) is 0. The third-order valence-corrected chi connectivity index (χ3v) is 5.86. The van der Waals surface area contributed by atoms with Crippen LogP contribution in [0.3, 0.4) is 0 Å². The average molecular weight is 329 g/mol. The van der Waals surface area contributed by atoms with Gasteiger partial charge in [0.15, 0.2) is 0 Å². The Bertz CT molecular complexity index is 402. The second-order valence-electron chi connectivity index (χ2n) is 5.58. The molecule has 0 bridgehead atoms. The highest BCUT2D eigenvalue weighted by Crippen LogP contribution is 2.37. The van der Waals surface area contributed by atoms with Crippen LogP contribution >= 0.6 is 27.3 Å². The van der Waals surface area contributed by atoms with Crippen molar-refractivity contribution in [3.05, 3.63) is 20.8 Å². The summed E-state index contributed by atoms with van der Waals surface area (Å²) >= 11 is 5.44. The van der Waals surface area contributed by atoms with Crippen molar-refractivity contribution < 1.29 is 0 Å². The largest absolute Gasteiger partial charge is 0.311 e. The molecule has 1 saturated heterocycles. The molecule has 100 valence electrons. The van der Waals surface area contributed by atoms with Crippen LogP contribution in [0.5, 0.6) is 0 Å². The highest BCUT2D eigenvalue weighted by molar-refractivity contribution is 9.10. The van der Waals surface area contributed by atoms with Gasteiger partial charge in [0.1, 0.15) is 0 Å². The maximum Gasteiger partial charge on any atom is 0.0332 e. The van der Waals surface area contributed by atoms with Gasteiger partial charge in [-0.25, -0.2) is 0 Å². The first-order chi connectivity index (χ1) is 8.76. The van der Waals surface area contributed by atoms with Crippen LogP contribution in [0.2, 0.25) is 0 Å². The van der Waals surface area contributed by atoms with Gasteiger partial charge in [-0.15, -0.1) is 11.3 Å². The number of thiophene rings is 1. The van der Waals surface area contributed by atoms with Gasteiger partial charge in [-0.1, -0.05) is 6.92 Å². The third kappa shape index (κ3) is 2.98. The highest BCUT2D eigenvalue weighted by Gasteiger charge is 2.38. The van der Waals surface area contributed by atoms with E-state index in [2.05, 4.69) is 44.5 Å². The van der Waals surface area contributed by atoms with E-state index < -0.39 is 0 Å². The fourth-order valence-corrected chi connectivity index (χ4v) is 4.41. The summed E-state index contributed by atoms with van der Waals surface area (Å²) in [4.78, 5) is 4.21. The molecule has 0 spiro atoms. The molecule has 0 amide bonds. The standard InChI is InChI=1S/C14H21BrN2S/c1-2-12-7-17(8-13-5-11(15)9-18-13)14(6-16-12)10-3-4-10/h5,9-10,12,14,16H,2-4,6-8H2,1H3. The summed E-state index contributed by atoms with van der Waals surface area (Å²) in [5.74, 6) is 0.957. The molecule has 1 aliphatic heterocycles. The minimum atomic E-state index is 0.684. The first kappa shape index (κ1) is 13.1. The summed E-state index contributed by atoms with van der Waals surface area (Å²) in [6.45, 7) is 5.83. The highest BCUT2D eigenvalue weighted by atomic mass is 79.9. The fraction of sp³-hybridized carbons (Fsp3) is 0.714. The van der Waals surface area contributed by atoms with Crippen LogP contribution in [0, 0.1) is 5.92 Å². The molecule has 0 aromatic carbocycles. The molecule has 2 fully saturated rings. The van der Waals surface area contributed by atoms with Gasteiger partial charge in [0.2, 0.25) is 0 Å². The predicted octanol–water partition coefficient (Wildman–Crippen LogP) is 3.47. The number of halogens is 1. The van der Waals surface area contributed by atoms with Gasteiger partial charge in [0, 0.05) is 46.4 Å². The maximum absolute atomic E-state index is 3.71. The van der Waals surface area contributed by atoms with Gasteiger partial charge < -0.3 is 5.32 Å². The Morgan fingerprint density at radius 2 is 2.33 bits per heavy atom. The topological polar surface area (TPSA) is 15.3 Å². The molecule has 3 rings (SSSR count). The second kappa shape index (κ2) is 5.61. The van der Waals surface area contributed by atoms with E-state index in [1.54, 1.807) is 0 Å². The molecule has 1 aromatic rings. The minimum absolute atomic E-state index is 0.684. The molecule has 2 heterocycles. The zero-order chi connectivity index (χ0) is 12.5. The van der Waals surface area contributed by atoms with Crippen molar-refractivity contribution in [1.82, 2.24) is 10.2 Å². The number of hydrogen-bond donors (Lipinski definition) is 1. The number of piperazine rings is 1. The lowest BCUT2D eigenvalue weighted by atomic mass is 10.0. The molecule has 2 aliphatic rings. The Kier molecular flexibility index (Phi) is 4.09. The van der Waals surface area contributed by atoms with E-state index in [-0.39, 0.29) is 0 Å². The van der Waals surface area contributed by atoms with Crippen molar-refractivity contribution in [2.45, 2.75) is 44.8 Å². The summed E-state index contributed by atoms with van der Waals surface area (Å²) < 4.78 is 1.23.